The van der Waals surface area contributed by atoms with Gasteiger partial charge in [-0.25, -0.2) is 0 Å². The molecule has 0 amide bonds. The molecule has 5 nitrogen and oxygen atoms in total. The van der Waals surface area contributed by atoms with Crippen LogP contribution in [0.15, 0.2) is 0 Å². The van der Waals surface area contributed by atoms with Crippen molar-refractivity contribution in [1.29, 1.82) is 0 Å². The average Bonchev–Trinajstić information content (AvgIpc) is 2.94. The van der Waals surface area contributed by atoms with Gasteiger partial charge in [0.25, 0.3) is 0 Å². The smallest absolute Gasteiger partial charge is 0.326 e. The second-order valence-corrected chi connectivity index (χ2v) is 12.6. The van der Waals surface area contributed by atoms with Crippen LogP contribution in [0.4, 0.5) is 0 Å². The lowest BCUT2D eigenvalue weighted by atomic mass is 9.70. The molecule has 1 N–H and O–H groups in total. The van der Waals surface area contributed by atoms with E-state index < -0.39 is 5.54 Å². The first kappa shape index (κ1) is 43.4. The third-order valence-corrected chi connectivity index (χ3v) is 8.25. The highest BCUT2D eigenvalue weighted by Gasteiger charge is 2.42. The molecule has 0 radical (unpaired) electrons. The summed E-state index contributed by atoms with van der Waals surface area (Å²) in [6, 6.07) is 0. The molecule has 0 aromatic carbocycles. The highest BCUT2D eigenvalue weighted by molar-refractivity contribution is 5.80. The van der Waals surface area contributed by atoms with Gasteiger partial charge >= 0.3 is 11.9 Å². The Morgan fingerprint density at radius 1 is 0.800 bits per heavy atom. The topological polar surface area (TPSA) is 64.6 Å². The maximum atomic E-state index is 12.9. The minimum atomic E-state index is -0.524. The van der Waals surface area contributed by atoms with Gasteiger partial charge in [0.1, 0.15) is 11.6 Å². The normalized spacial score (nSPS) is 21.4. The summed E-state index contributed by atoms with van der Waals surface area (Å²) in [6.07, 6.45) is 8.40. The van der Waals surface area contributed by atoms with Crippen LogP contribution in [0.2, 0.25) is 0 Å². The molecule has 0 saturated heterocycles. The summed E-state index contributed by atoms with van der Waals surface area (Å²) < 4.78 is 11.4. The van der Waals surface area contributed by atoms with E-state index in [0.29, 0.717) is 36.2 Å². The number of hydrogen-bond donors (Lipinski definition) is 1. The Bertz CT molecular complexity index is 617. The molecule has 1 fully saturated rings. The summed E-state index contributed by atoms with van der Waals surface area (Å²) >= 11 is 0. The fourth-order valence-corrected chi connectivity index (χ4v) is 5.31. The van der Waals surface area contributed by atoms with Gasteiger partial charge in [-0.05, 0) is 82.6 Å². The largest absolute Gasteiger partial charge is 0.464 e. The van der Waals surface area contributed by atoms with Gasteiger partial charge in [0.05, 0.1) is 12.0 Å². The van der Waals surface area contributed by atoms with Gasteiger partial charge in [-0.3, -0.25) is 9.59 Å². The van der Waals surface area contributed by atoms with Gasteiger partial charge < -0.3 is 14.8 Å². The van der Waals surface area contributed by atoms with Crippen LogP contribution in [0.5, 0.6) is 0 Å². The number of ether oxygens (including phenoxy) is 2. The van der Waals surface area contributed by atoms with Crippen molar-refractivity contribution in [3.05, 3.63) is 0 Å². The van der Waals surface area contributed by atoms with E-state index in [1.54, 1.807) is 7.05 Å². The van der Waals surface area contributed by atoms with Crippen LogP contribution in [-0.2, 0) is 19.1 Å². The Hall–Kier alpha value is -1.10. The van der Waals surface area contributed by atoms with Gasteiger partial charge in [0.15, 0.2) is 0 Å². The quantitative estimate of drug-likeness (QED) is 0.223. The van der Waals surface area contributed by atoms with Crippen LogP contribution in [0, 0.1) is 35.0 Å². The summed E-state index contributed by atoms with van der Waals surface area (Å²) in [5, 5.41) is 3.03. The van der Waals surface area contributed by atoms with E-state index in [2.05, 4.69) is 60.7 Å². The zero-order chi connectivity index (χ0) is 32.1. The highest BCUT2D eigenvalue weighted by atomic mass is 16.5. The molecule has 0 aromatic rings. The number of nitrogens with one attached hydrogen (secondary N) is 1. The van der Waals surface area contributed by atoms with Crippen molar-refractivity contribution in [2.24, 2.45) is 35.0 Å². The van der Waals surface area contributed by atoms with Crippen LogP contribution < -0.4 is 5.32 Å². The zero-order valence-electron chi connectivity index (χ0n) is 30.0. The van der Waals surface area contributed by atoms with Crippen LogP contribution in [0.3, 0.4) is 0 Å². The van der Waals surface area contributed by atoms with Crippen molar-refractivity contribution in [3.63, 3.8) is 0 Å². The lowest BCUT2D eigenvalue weighted by molar-refractivity contribution is -0.173. The standard InChI is InChI=1S/C20H38O2.C11H23NO2.2C2H6/c1-8-13-20(7,9-2)19(21)22-18-16(14(3)4)11-10-12-17(18)15(5)6;1-6-7-11(4,12-5)10(13)14-8-9(2)3;2*1-2/h14-18H,8-13H2,1-7H3;9,12H,6-8H2,1-5H3;2*1-2H3. The summed E-state index contributed by atoms with van der Waals surface area (Å²) in [5.41, 5.74) is -0.834. The van der Waals surface area contributed by atoms with Crippen LogP contribution in [0.1, 0.15) is 155 Å². The molecule has 1 saturated carbocycles. The van der Waals surface area contributed by atoms with Crippen molar-refractivity contribution in [1.82, 2.24) is 5.32 Å². The van der Waals surface area contributed by atoms with Crippen molar-refractivity contribution >= 4 is 11.9 Å². The number of esters is 2. The Morgan fingerprint density at radius 2 is 1.25 bits per heavy atom. The molecule has 242 valence electrons. The van der Waals surface area contributed by atoms with Crippen molar-refractivity contribution in [3.8, 4) is 0 Å². The summed E-state index contributed by atoms with van der Waals surface area (Å²) in [5.74, 6) is 2.50. The number of likely N-dealkylation sites (N-methyl/N-ethyl adjacent to an activating group) is 1. The lowest BCUT2D eigenvalue weighted by Crippen LogP contribution is -2.48. The fraction of sp³-hybridized carbons (Fsp3) is 0.943. The molecular weight excluding hydrogens is 498 g/mol. The third kappa shape index (κ3) is 15.2. The van der Waals surface area contributed by atoms with E-state index in [0.717, 1.165) is 32.1 Å². The summed E-state index contributed by atoms with van der Waals surface area (Å²) in [6.45, 7) is 32.0. The predicted octanol–water partition coefficient (Wildman–Crippen LogP) is 9.86. The van der Waals surface area contributed by atoms with E-state index in [9.17, 15) is 9.59 Å². The van der Waals surface area contributed by atoms with E-state index in [-0.39, 0.29) is 23.5 Å². The third-order valence-electron chi connectivity index (χ3n) is 8.25. The Balaban J connectivity index is -0.000000657. The Kier molecular flexibility index (Phi) is 25.4. The summed E-state index contributed by atoms with van der Waals surface area (Å²) in [4.78, 5) is 24.6. The van der Waals surface area contributed by atoms with Gasteiger partial charge in [0.2, 0.25) is 0 Å². The number of carbonyl (C=O) groups is 2. The molecule has 40 heavy (non-hydrogen) atoms. The van der Waals surface area contributed by atoms with Crippen LogP contribution >= 0.6 is 0 Å². The van der Waals surface area contributed by atoms with Gasteiger partial charge in [0, 0.05) is 0 Å². The molecule has 0 bridgehead atoms. The van der Waals surface area contributed by atoms with E-state index in [1.165, 1.54) is 19.3 Å². The number of hydrogen-bond acceptors (Lipinski definition) is 5. The molecule has 1 aliphatic rings. The molecule has 4 atom stereocenters. The van der Waals surface area contributed by atoms with Crippen LogP contribution in [-0.4, -0.2) is 37.2 Å². The van der Waals surface area contributed by atoms with E-state index in [1.807, 2.05) is 48.5 Å². The molecular formula is C35H73NO4. The maximum absolute atomic E-state index is 12.9. The number of carbonyl (C=O) groups excluding carboxylic acids is 2. The van der Waals surface area contributed by atoms with Crippen molar-refractivity contribution < 1.29 is 19.1 Å². The van der Waals surface area contributed by atoms with Crippen LogP contribution in [0.25, 0.3) is 0 Å². The fourth-order valence-electron chi connectivity index (χ4n) is 5.31. The van der Waals surface area contributed by atoms with E-state index >= 15 is 0 Å². The highest BCUT2D eigenvalue weighted by Crippen LogP contribution is 2.41. The van der Waals surface area contributed by atoms with E-state index in [4.69, 9.17) is 9.47 Å². The lowest BCUT2D eigenvalue weighted by Gasteiger charge is -2.43. The first-order chi connectivity index (χ1) is 18.7. The second kappa shape index (κ2) is 23.5. The molecule has 0 spiro atoms. The first-order valence-corrected chi connectivity index (χ1v) is 16.8. The molecule has 0 aliphatic heterocycles. The average molecular weight is 572 g/mol. The SMILES string of the molecule is CC.CC.CCCC(C)(CC)C(=O)OC1C(C(C)C)CCCC1C(C)C.CCCC(C)(NC)C(=O)OCC(C)C. The van der Waals surface area contributed by atoms with Gasteiger partial charge in [-0.15, -0.1) is 0 Å². The molecule has 0 aromatic heterocycles. The number of rotatable bonds is 13. The minimum Gasteiger partial charge on any atom is -0.464 e. The monoisotopic (exact) mass is 572 g/mol. The molecule has 5 heteroatoms. The van der Waals surface area contributed by atoms with Crippen molar-refractivity contribution in [2.75, 3.05) is 13.7 Å². The minimum absolute atomic E-state index is 0.0417. The molecule has 1 rings (SSSR count). The van der Waals surface area contributed by atoms with Crippen molar-refractivity contribution in [2.45, 2.75) is 167 Å². The van der Waals surface area contributed by atoms with Gasteiger partial charge in [-0.2, -0.15) is 0 Å². The Morgan fingerprint density at radius 3 is 1.57 bits per heavy atom. The molecule has 4 unspecified atom stereocenters. The molecule has 1 aliphatic carbocycles. The predicted molar refractivity (Wildman–Crippen MR) is 175 cm³/mol. The first-order valence-electron chi connectivity index (χ1n) is 16.8. The second-order valence-electron chi connectivity index (χ2n) is 12.6. The zero-order valence-corrected chi connectivity index (χ0v) is 30.0. The summed E-state index contributed by atoms with van der Waals surface area (Å²) in [7, 11) is 1.80. The van der Waals surface area contributed by atoms with Gasteiger partial charge in [-0.1, -0.05) is 109 Å². The maximum Gasteiger partial charge on any atom is 0.326 e. The molecule has 0 heterocycles. The Labute approximate surface area is 251 Å².